The van der Waals surface area contributed by atoms with Gasteiger partial charge in [0.2, 0.25) is 5.88 Å². The van der Waals surface area contributed by atoms with Crippen molar-refractivity contribution in [2.24, 2.45) is 0 Å². The molecule has 0 fully saturated rings. The maximum Gasteiger partial charge on any atom is 0.233 e. The first-order valence-electron chi connectivity index (χ1n) is 4.52. The molecule has 1 aromatic heterocycles. The van der Waals surface area contributed by atoms with Gasteiger partial charge in [-0.2, -0.15) is 4.98 Å². The number of nitrogens with zero attached hydrogens (tertiary/aromatic N) is 2. The fourth-order valence-corrected chi connectivity index (χ4v) is 1.16. The van der Waals surface area contributed by atoms with Crippen molar-refractivity contribution in [1.82, 2.24) is 9.97 Å². The van der Waals surface area contributed by atoms with Gasteiger partial charge in [-0.05, 0) is 12.8 Å². The third-order valence-electron chi connectivity index (χ3n) is 1.69. The lowest BCUT2D eigenvalue weighted by Crippen LogP contribution is -2.04. The summed E-state index contributed by atoms with van der Waals surface area (Å²) in [6, 6.07) is 0. The fourth-order valence-electron chi connectivity index (χ4n) is 0.968. The second-order valence-electron chi connectivity index (χ2n) is 2.77. The van der Waals surface area contributed by atoms with Crippen LogP contribution in [-0.2, 0) is 0 Å². The van der Waals surface area contributed by atoms with Crippen LogP contribution in [0.5, 0.6) is 5.88 Å². The molecule has 0 saturated carbocycles. The summed E-state index contributed by atoms with van der Waals surface area (Å²) in [6.45, 7) is 0.856. The molecule has 0 aliphatic carbocycles. The molecule has 0 atom stereocenters. The molecule has 0 aliphatic rings. The molecule has 5 heteroatoms. The molecule has 0 radical (unpaired) electrons. The molecule has 14 heavy (non-hydrogen) atoms. The maximum atomic E-state index is 5.56. The Morgan fingerprint density at radius 3 is 3.00 bits per heavy atom. The summed E-state index contributed by atoms with van der Waals surface area (Å²) in [5.74, 6) is 1.96. The third kappa shape index (κ3) is 3.79. The van der Waals surface area contributed by atoms with E-state index in [2.05, 4.69) is 15.3 Å². The van der Waals surface area contributed by atoms with Crippen molar-refractivity contribution in [3.05, 3.63) is 12.4 Å². The van der Waals surface area contributed by atoms with Crippen LogP contribution >= 0.6 is 11.6 Å². The summed E-state index contributed by atoms with van der Waals surface area (Å²) in [4.78, 5) is 8.14. The molecule has 0 aromatic carbocycles. The average molecular weight is 216 g/mol. The van der Waals surface area contributed by atoms with Gasteiger partial charge in [-0.1, -0.05) is 0 Å². The first-order chi connectivity index (χ1) is 6.86. The molecule has 0 saturated heterocycles. The van der Waals surface area contributed by atoms with Gasteiger partial charge in [0.15, 0.2) is 0 Å². The number of unbranched alkanes of at least 4 members (excludes halogenated alkanes) is 1. The maximum absolute atomic E-state index is 5.56. The van der Waals surface area contributed by atoms with E-state index in [1.807, 2.05) is 0 Å². The topological polar surface area (TPSA) is 47.0 Å². The van der Waals surface area contributed by atoms with Gasteiger partial charge in [-0.3, -0.25) is 4.98 Å². The van der Waals surface area contributed by atoms with Gasteiger partial charge < -0.3 is 10.1 Å². The Hall–Kier alpha value is -1.03. The minimum atomic E-state index is 0.521. The lowest BCUT2D eigenvalue weighted by atomic mass is 10.3. The number of alkyl halides is 1. The van der Waals surface area contributed by atoms with Gasteiger partial charge in [0.25, 0.3) is 0 Å². The van der Waals surface area contributed by atoms with E-state index in [0.29, 0.717) is 11.8 Å². The summed E-state index contributed by atoms with van der Waals surface area (Å²) < 4.78 is 4.95. The number of aromatic nitrogens is 2. The monoisotopic (exact) mass is 215 g/mol. The molecular weight excluding hydrogens is 202 g/mol. The van der Waals surface area contributed by atoms with Gasteiger partial charge in [0, 0.05) is 12.4 Å². The van der Waals surface area contributed by atoms with Crippen molar-refractivity contribution in [2.45, 2.75) is 12.8 Å². The van der Waals surface area contributed by atoms with Crippen LogP contribution in [-0.4, -0.2) is 29.5 Å². The summed E-state index contributed by atoms with van der Waals surface area (Å²) in [5.41, 5.74) is 0. The first kappa shape index (κ1) is 11.0. The van der Waals surface area contributed by atoms with Crippen LogP contribution < -0.4 is 10.1 Å². The number of halogens is 1. The molecule has 78 valence electrons. The number of rotatable bonds is 6. The van der Waals surface area contributed by atoms with E-state index in [4.69, 9.17) is 16.3 Å². The van der Waals surface area contributed by atoms with E-state index < -0.39 is 0 Å². The zero-order valence-electron chi connectivity index (χ0n) is 8.16. The lowest BCUT2D eigenvalue weighted by molar-refractivity contribution is 0.396. The fraction of sp³-hybridized carbons (Fsp3) is 0.556. The molecule has 1 heterocycles. The van der Waals surface area contributed by atoms with E-state index in [1.165, 1.54) is 0 Å². The molecule has 0 aliphatic heterocycles. The van der Waals surface area contributed by atoms with Gasteiger partial charge in [0.05, 0.1) is 19.5 Å². The van der Waals surface area contributed by atoms with Crippen molar-refractivity contribution in [2.75, 3.05) is 24.9 Å². The number of hydrogen-bond acceptors (Lipinski definition) is 4. The zero-order valence-corrected chi connectivity index (χ0v) is 8.92. The molecule has 0 bridgehead atoms. The number of nitrogens with one attached hydrogen (secondary N) is 1. The highest BCUT2D eigenvalue weighted by molar-refractivity contribution is 6.17. The van der Waals surface area contributed by atoms with Crippen LogP contribution in [0.15, 0.2) is 12.4 Å². The second-order valence-corrected chi connectivity index (χ2v) is 3.15. The molecule has 0 amide bonds. The molecule has 1 rings (SSSR count). The van der Waals surface area contributed by atoms with E-state index in [9.17, 15) is 0 Å². The predicted molar refractivity (Wildman–Crippen MR) is 57.0 cm³/mol. The van der Waals surface area contributed by atoms with Gasteiger partial charge in [-0.15, -0.1) is 11.6 Å². The average Bonchev–Trinajstić information content (AvgIpc) is 2.25. The van der Waals surface area contributed by atoms with Crippen LogP contribution in [0.3, 0.4) is 0 Å². The number of methoxy groups -OCH3 is 1. The Kier molecular flexibility index (Phi) is 5.07. The summed E-state index contributed by atoms with van der Waals surface area (Å²) in [6.07, 6.45) is 5.28. The van der Waals surface area contributed by atoms with E-state index in [1.54, 1.807) is 19.5 Å². The molecule has 0 spiro atoms. The van der Waals surface area contributed by atoms with Crippen LogP contribution in [0.1, 0.15) is 12.8 Å². The van der Waals surface area contributed by atoms with Crippen molar-refractivity contribution >= 4 is 17.4 Å². The Bertz CT molecular complexity index is 270. The zero-order chi connectivity index (χ0) is 10.2. The predicted octanol–water partition coefficient (Wildman–Crippen LogP) is 1.92. The van der Waals surface area contributed by atoms with Crippen LogP contribution in [0.4, 0.5) is 5.82 Å². The quantitative estimate of drug-likeness (QED) is 0.582. The molecule has 1 aromatic rings. The molecule has 4 nitrogen and oxygen atoms in total. The van der Waals surface area contributed by atoms with E-state index in [0.717, 1.165) is 25.2 Å². The summed E-state index contributed by atoms with van der Waals surface area (Å²) in [5, 5.41) is 3.14. The van der Waals surface area contributed by atoms with Gasteiger partial charge in [0.1, 0.15) is 5.82 Å². The Balaban J connectivity index is 2.34. The summed E-state index contributed by atoms with van der Waals surface area (Å²) in [7, 11) is 1.57. The highest BCUT2D eigenvalue weighted by Gasteiger charge is 1.96. The Morgan fingerprint density at radius 2 is 2.29 bits per heavy atom. The largest absolute Gasteiger partial charge is 0.480 e. The first-order valence-corrected chi connectivity index (χ1v) is 5.06. The third-order valence-corrected chi connectivity index (χ3v) is 1.96. The second kappa shape index (κ2) is 6.43. The highest BCUT2D eigenvalue weighted by atomic mass is 35.5. The van der Waals surface area contributed by atoms with Crippen LogP contribution in [0, 0.1) is 0 Å². The normalized spacial score (nSPS) is 9.86. The van der Waals surface area contributed by atoms with E-state index in [-0.39, 0.29) is 0 Å². The smallest absolute Gasteiger partial charge is 0.233 e. The SMILES string of the molecule is COc1cncc(NCCCCCl)n1. The van der Waals surface area contributed by atoms with Crippen molar-refractivity contribution < 1.29 is 4.74 Å². The summed E-state index contributed by atoms with van der Waals surface area (Å²) >= 11 is 5.56. The highest BCUT2D eigenvalue weighted by Crippen LogP contribution is 2.07. The van der Waals surface area contributed by atoms with Crippen LogP contribution in [0.25, 0.3) is 0 Å². The molecule has 0 unspecified atom stereocenters. The number of anilines is 1. The number of hydrogen-bond donors (Lipinski definition) is 1. The molecule has 1 N–H and O–H groups in total. The lowest BCUT2D eigenvalue weighted by Gasteiger charge is -2.05. The van der Waals surface area contributed by atoms with Crippen molar-refractivity contribution in [3.8, 4) is 5.88 Å². The van der Waals surface area contributed by atoms with Gasteiger partial charge >= 0.3 is 0 Å². The Morgan fingerprint density at radius 1 is 1.43 bits per heavy atom. The minimum Gasteiger partial charge on any atom is -0.480 e. The van der Waals surface area contributed by atoms with E-state index >= 15 is 0 Å². The van der Waals surface area contributed by atoms with Crippen molar-refractivity contribution in [1.29, 1.82) is 0 Å². The standard InChI is InChI=1S/C9H14ClN3O/c1-14-9-7-11-6-8(13-9)12-5-3-2-4-10/h6-7H,2-5H2,1H3,(H,12,13). The Labute approximate surface area is 88.7 Å². The minimum absolute atomic E-state index is 0.521. The molecular formula is C9H14ClN3O. The number of ether oxygens (including phenoxy) is 1. The van der Waals surface area contributed by atoms with Crippen LogP contribution in [0.2, 0.25) is 0 Å². The van der Waals surface area contributed by atoms with Crippen molar-refractivity contribution in [3.63, 3.8) is 0 Å². The van der Waals surface area contributed by atoms with Gasteiger partial charge in [-0.25, -0.2) is 0 Å².